The van der Waals surface area contributed by atoms with Crippen molar-refractivity contribution in [2.75, 3.05) is 32.7 Å². The molecule has 2 bridgehead atoms. The van der Waals surface area contributed by atoms with Crippen LogP contribution in [0, 0.1) is 5.92 Å². The topological polar surface area (TPSA) is 74.5 Å². The summed E-state index contributed by atoms with van der Waals surface area (Å²) < 4.78 is 27.6. The fourth-order valence-electron chi connectivity index (χ4n) is 8.79. The summed E-state index contributed by atoms with van der Waals surface area (Å²) in [6.45, 7) is 4.74. The van der Waals surface area contributed by atoms with E-state index in [4.69, 9.17) is 10.7 Å². The van der Waals surface area contributed by atoms with Gasteiger partial charge in [-0.15, -0.1) is 0 Å². The predicted molar refractivity (Wildman–Crippen MR) is 175 cm³/mol. The number of pyridine rings is 1. The van der Waals surface area contributed by atoms with E-state index in [2.05, 4.69) is 51.5 Å². The van der Waals surface area contributed by atoms with Gasteiger partial charge in [-0.05, 0) is 107 Å². The molecular weight excluding hydrogens is 568 g/mol. The van der Waals surface area contributed by atoms with Gasteiger partial charge >= 0.3 is 0 Å². The number of hydrogen-bond donors (Lipinski definition) is 2. The number of carbonyl (C=O) groups excluding carboxylic acids is 1. The molecule has 3 fully saturated rings. The second-order valence-corrected chi connectivity index (χ2v) is 14.2. The van der Waals surface area contributed by atoms with Crippen molar-refractivity contribution in [2.24, 2.45) is 11.7 Å². The molecule has 2 aromatic rings. The largest absolute Gasteiger partial charge is 0.330 e. The minimum atomic E-state index is -2.61. The number of halogens is 2. The molecule has 8 heteroatoms. The van der Waals surface area contributed by atoms with Gasteiger partial charge in [0, 0.05) is 62.6 Å². The van der Waals surface area contributed by atoms with Gasteiger partial charge in [-0.2, -0.15) is 0 Å². The summed E-state index contributed by atoms with van der Waals surface area (Å²) >= 11 is 0. The number of carbonyl (C=O) groups is 1. The molecule has 0 radical (unpaired) electrons. The highest BCUT2D eigenvalue weighted by atomic mass is 19.3. The molecule has 246 valence electrons. The van der Waals surface area contributed by atoms with Crippen LogP contribution in [0.15, 0.2) is 48.7 Å². The number of benzene rings is 1. The molecule has 6 nitrogen and oxygen atoms in total. The zero-order chi connectivity index (χ0) is 31.2. The van der Waals surface area contributed by atoms with Crippen LogP contribution in [-0.2, 0) is 11.2 Å². The van der Waals surface area contributed by atoms with Crippen LogP contribution in [-0.4, -0.2) is 77.3 Å². The van der Waals surface area contributed by atoms with Crippen molar-refractivity contribution >= 4 is 5.78 Å². The first kappa shape index (κ1) is 32.7. The number of piperazine rings is 1. The summed E-state index contributed by atoms with van der Waals surface area (Å²) in [7, 11) is 0. The zero-order valence-electron chi connectivity index (χ0n) is 26.9. The molecule has 6 rings (SSSR count). The molecule has 1 aromatic heterocycles. The van der Waals surface area contributed by atoms with E-state index in [1.165, 1.54) is 36.1 Å². The van der Waals surface area contributed by atoms with Crippen molar-refractivity contribution in [1.82, 2.24) is 20.1 Å². The molecule has 2 saturated heterocycles. The predicted octanol–water partition coefficient (Wildman–Crippen LogP) is 6.26. The first-order valence-corrected chi connectivity index (χ1v) is 17.7. The molecule has 4 aliphatic rings. The van der Waals surface area contributed by atoms with Gasteiger partial charge in [0.2, 0.25) is 5.92 Å². The average Bonchev–Trinajstić information content (AvgIpc) is 3.35. The number of aryl methyl sites for hydroxylation is 1. The summed E-state index contributed by atoms with van der Waals surface area (Å²) in [4.78, 5) is 23.7. The Balaban J connectivity index is 1.13. The number of nitrogens with one attached hydrogen (secondary N) is 1. The van der Waals surface area contributed by atoms with Crippen LogP contribution >= 0.6 is 0 Å². The van der Waals surface area contributed by atoms with Gasteiger partial charge in [-0.3, -0.25) is 19.6 Å². The van der Waals surface area contributed by atoms with E-state index in [9.17, 15) is 13.6 Å². The van der Waals surface area contributed by atoms with E-state index in [0.29, 0.717) is 43.4 Å². The van der Waals surface area contributed by atoms with Crippen molar-refractivity contribution in [3.63, 3.8) is 0 Å². The van der Waals surface area contributed by atoms with Gasteiger partial charge in [0.05, 0.1) is 11.7 Å². The van der Waals surface area contributed by atoms with Gasteiger partial charge in [0.25, 0.3) is 0 Å². The molecule has 1 unspecified atom stereocenters. The van der Waals surface area contributed by atoms with Gasteiger partial charge in [0.1, 0.15) is 5.78 Å². The summed E-state index contributed by atoms with van der Waals surface area (Å²) in [5.74, 6) is -2.54. The van der Waals surface area contributed by atoms with E-state index in [0.717, 1.165) is 64.8 Å². The fraction of sp³-hybridized carbons (Fsp3) is 0.676. The lowest BCUT2D eigenvalue weighted by Crippen LogP contribution is -2.61. The average molecular weight is 622 g/mol. The molecule has 0 spiro atoms. The van der Waals surface area contributed by atoms with Gasteiger partial charge in [-0.1, -0.05) is 36.4 Å². The number of fused-ring (bicyclic) bond motifs is 3. The highest BCUT2D eigenvalue weighted by Crippen LogP contribution is 2.39. The number of aromatic nitrogens is 1. The lowest BCUT2D eigenvalue weighted by Gasteiger charge is -2.45. The lowest BCUT2D eigenvalue weighted by atomic mass is 9.79. The van der Waals surface area contributed by atoms with Gasteiger partial charge in [0.15, 0.2) is 0 Å². The first-order chi connectivity index (χ1) is 21.9. The van der Waals surface area contributed by atoms with E-state index in [1.807, 2.05) is 12.3 Å². The van der Waals surface area contributed by atoms with Crippen molar-refractivity contribution in [3.05, 3.63) is 65.5 Å². The Labute approximate surface area is 268 Å². The SMILES string of the molecule is NCCCCN(C[C@H]1NC[C@@H]2CC[C@H]1N2CC[C@H](CC(=O)C1CCC(F)(F)CC1)c1ccccc1)C1CCCc2cccnc21. The minimum Gasteiger partial charge on any atom is -0.330 e. The smallest absolute Gasteiger partial charge is 0.248 e. The zero-order valence-corrected chi connectivity index (χ0v) is 26.9. The first-order valence-electron chi connectivity index (χ1n) is 17.7. The second-order valence-electron chi connectivity index (χ2n) is 14.2. The number of ketones is 1. The highest BCUT2D eigenvalue weighted by molar-refractivity contribution is 5.82. The van der Waals surface area contributed by atoms with Crippen LogP contribution < -0.4 is 11.1 Å². The molecule has 1 saturated carbocycles. The van der Waals surface area contributed by atoms with Crippen LogP contribution in [0.25, 0.3) is 0 Å². The Hall–Kier alpha value is -2.26. The standard InChI is InChI=1S/C37H53F2N5O/c38-37(39)18-15-28(16-19-37)35(45)24-30(27-8-2-1-3-9-27)17-23-44-31-13-14-33(44)32(42-25-31)26-43(22-5-4-20-40)34-12-6-10-29-11-7-21-41-36(29)34/h1-3,7-9,11,21,28,30-34,42H,4-6,10,12-20,22-26,40H2/t30-,31+,32-,33-,34?/m1/s1. The molecule has 3 heterocycles. The molecule has 0 amide bonds. The third kappa shape index (κ3) is 8.01. The van der Waals surface area contributed by atoms with E-state index >= 15 is 0 Å². The third-order valence-corrected chi connectivity index (χ3v) is 11.3. The second kappa shape index (κ2) is 15.1. The van der Waals surface area contributed by atoms with Crippen molar-refractivity contribution in [2.45, 2.75) is 119 Å². The fourth-order valence-corrected chi connectivity index (χ4v) is 8.79. The third-order valence-electron chi connectivity index (χ3n) is 11.3. The number of rotatable bonds is 14. The molecule has 3 N–H and O–H groups in total. The van der Waals surface area contributed by atoms with E-state index in [1.54, 1.807) is 0 Å². The summed E-state index contributed by atoms with van der Waals surface area (Å²) in [6.07, 6.45) is 11.7. The summed E-state index contributed by atoms with van der Waals surface area (Å²) in [5.41, 5.74) is 9.77. The monoisotopic (exact) mass is 621 g/mol. The normalized spacial score (nSPS) is 27.4. The van der Waals surface area contributed by atoms with Crippen LogP contribution in [0.5, 0.6) is 0 Å². The maximum atomic E-state index is 13.8. The van der Waals surface area contributed by atoms with Crippen LogP contribution in [0.3, 0.4) is 0 Å². The molecule has 5 atom stereocenters. The van der Waals surface area contributed by atoms with E-state index < -0.39 is 5.92 Å². The van der Waals surface area contributed by atoms with Gasteiger partial charge in [-0.25, -0.2) is 8.78 Å². The maximum absolute atomic E-state index is 13.8. The summed E-state index contributed by atoms with van der Waals surface area (Å²) in [5, 5.41) is 3.95. The molecule has 2 aliphatic heterocycles. The quantitative estimate of drug-likeness (QED) is 0.243. The molecule has 45 heavy (non-hydrogen) atoms. The van der Waals surface area contributed by atoms with Crippen molar-refractivity contribution in [1.29, 1.82) is 0 Å². The summed E-state index contributed by atoms with van der Waals surface area (Å²) in [6, 6.07) is 16.5. The van der Waals surface area contributed by atoms with Crippen molar-refractivity contribution in [3.8, 4) is 0 Å². The molecule has 1 aromatic carbocycles. The van der Waals surface area contributed by atoms with Gasteiger partial charge < -0.3 is 11.1 Å². The Morgan fingerprint density at radius 3 is 2.69 bits per heavy atom. The number of alkyl halides is 2. The van der Waals surface area contributed by atoms with Crippen LogP contribution in [0.4, 0.5) is 8.78 Å². The number of Topliss-reactive ketones (excluding diaryl/α,β-unsaturated/α-hetero) is 1. The highest BCUT2D eigenvalue weighted by Gasteiger charge is 2.44. The molecular formula is C37H53F2N5O. The Morgan fingerprint density at radius 1 is 1.07 bits per heavy atom. The Bertz CT molecular complexity index is 1230. The lowest BCUT2D eigenvalue weighted by molar-refractivity contribution is -0.127. The van der Waals surface area contributed by atoms with Crippen LogP contribution in [0.2, 0.25) is 0 Å². The molecule has 2 aliphatic carbocycles. The number of hydrogen-bond acceptors (Lipinski definition) is 6. The van der Waals surface area contributed by atoms with E-state index in [-0.39, 0.29) is 30.5 Å². The Kier molecular flexibility index (Phi) is 11.0. The maximum Gasteiger partial charge on any atom is 0.248 e. The number of unbranched alkanes of at least 4 members (excludes halogenated alkanes) is 1. The number of nitrogens with zero attached hydrogens (tertiary/aromatic N) is 3. The minimum absolute atomic E-state index is 0.117. The van der Waals surface area contributed by atoms with Crippen LogP contribution in [0.1, 0.15) is 106 Å². The van der Waals surface area contributed by atoms with Crippen molar-refractivity contribution < 1.29 is 13.6 Å². The number of nitrogens with two attached hydrogens (primary N) is 1. The Morgan fingerprint density at radius 2 is 1.89 bits per heavy atom.